The van der Waals surface area contributed by atoms with E-state index >= 15 is 0 Å². The normalized spacial score (nSPS) is 12.3. The van der Waals surface area contributed by atoms with Crippen molar-refractivity contribution in [3.05, 3.63) is 131 Å². The minimum atomic E-state index is -0.0894. The van der Waals surface area contributed by atoms with Crippen molar-refractivity contribution >= 4 is 16.8 Å². The lowest BCUT2D eigenvalue weighted by Gasteiger charge is -2.22. The maximum atomic E-state index is 13.3. The standard InChI is InChI=1S/C35H37N3O2/c1-35(2,3)28-13-11-27(12-14-28)31(21-34(39)37-22-25-17-19-36-20-18-25)32-24-38(33-8-6-5-7-30(32)33)23-26-9-15-29(40-4)16-10-26/h5-20,24,31H,21-23H2,1-4H3,(H,37,39)/t31-/m1/s1. The average Bonchev–Trinajstić information content (AvgIpc) is 3.33. The minimum absolute atomic E-state index is 0.0219. The van der Waals surface area contributed by atoms with Crippen molar-refractivity contribution < 1.29 is 9.53 Å². The number of aromatic nitrogens is 2. The Morgan fingerprint density at radius 2 is 1.60 bits per heavy atom. The molecule has 5 heteroatoms. The van der Waals surface area contributed by atoms with Crippen molar-refractivity contribution in [1.82, 2.24) is 14.9 Å². The van der Waals surface area contributed by atoms with Gasteiger partial charge in [-0.25, -0.2) is 0 Å². The summed E-state index contributed by atoms with van der Waals surface area (Å²) in [4.78, 5) is 17.4. The fourth-order valence-corrected chi connectivity index (χ4v) is 5.19. The number of hydrogen-bond donors (Lipinski definition) is 1. The number of pyridine rings is 1. The van der Waals surface area contributed by atoms with Gasteiger partial charge in [0, 0.05) is 54.9 Å². The molecule has 0 aliphatic rings. The molecule has 0 radical (unpaired) electrons. The van der Waals surface area contributed by atoms with Crippen LogP contribution >= 0.6 is 0 Å². The third-order valence-corrected chi connectivity index (χ3v) is 7.51. The van der Waals surface area contributed by atoms with E-state index in [0.29, 0.717) is 13.0 Å². The van der Waals surface area contributed by atoms with Gasteiger partial charge in [0.1, 0.15) is 5.75 Å². The first-order chi connectivity index (χ1) is 19.3. The van der Waals surface area contributed by atoms with Crippen molar-refractivity contribution in [2.24, 2.45) is 0 Å². The van der Waals surface area contributed by atoms with Crippen LogP contribution in [0.15, 0.2) is 104 Å². The molecular weight excluding hydrogens is 494 g/mol. The molecule has 2 aromatic heterocycles. The van der Waals surface area contributed by atoms with Gasteiger partial charge >= 0.3 is 0 Å². The van der Waals surface area contributed by atoms with Gasteiger partial charge in [-0.3, -0.25) is 9.78 Å². The van der Waals surface area contributed by atoms with Crippen molar-refractivity contribution in [2.45, 2.75) is 51.6 Å². The van der Waals surface area contributed by atoms with E-state index in [9.17, 15) is 4.79 Å². The molecule has 0 bridgehead atoms. The van der Waals surface area contributed by atoms with Crippen molar-refractivity contribution in [1.29, 1.82) is 0 Å². The SMILES string of the molecule is COc1ccc(Cn2cc([C@H](CC(=O)NCc3ccncc3)c3ccc(C(C)(C)C)cc3)c3ccccc32)cc1. The van der Waals surface area contributed by atoms with Crippen LogP contribution in [0.3, 0.4) is 0 Å². The van der Waals surface area contributed by atoms with Crippen LogP contribution in [-0.4, -0.2) is 22.6 Å². The summed E-state index contributed by atoms with van der Waals surface area (Å²) in [7, 11) is 1.68. The second-order valence-corrected chi connectivity index (χ2v) is 11.3. The summed E-state index contributed by atoms with van der Waals surface area (Å²) >= 11 is 0. The highest BCUT2D eigenvalue weighted by atomic mass is 16.5. The Hall–Kier alpha value is -4.38. The first kappa shape index (κ1) is 27.2. The molecule has 0 spiro atoms. The van der Waals surface area contributed by atoms with Crippen molar-refractivity contribution in [3.63, 3.8) is 0 Å². The first-order valence-corrected chi connectivity index (χ1v) is 13.8. The molecule has 40 heavy (non-hydrogen) atoms. The molecule has 2 heterocycles. The number of ether oxygens (including phenoxy) is 1. The fraction of sp³-hybridized carbons (Fsp3) is 0.257. The molecule has 0 fully saturated rings. The van der Waals surface area contributed by atoms with Crippen LogP contribution < -0.4 is 10.1 Å². The fourth-order valence-electron chi connectivity index (χ4n) is 5.19. The topological polar surface area (TPSA) is 56.1 Å². The number of methoxy groups -OCH3 is 1. The number of benzene rings is 3. The zero-order chi connectivity index (χ0) is 28.1. The summed E-state index contributed by atoms with van der Waals surface area (Å²) in [5, 5.41) is 4.29. The Bertz CT molecular complexity index is 1560. The molecule has 1 atom stereocenters. The first-order valence-electron chi connectivity index (χ1n) is 13.8. The van der Waals surface area contributed by atoms with E-state index in [1.807, 2.05) is 24.3 Å². The highest BCUT2D eigenvalue weighted by Crippen LogP contribution is 2.36. The van der Waals surface area contributed by atoms with Crippen LogP contribution in [0, 0.1) is 0 Å². The molecule has 1 N–H and O–H groups in total. The molecule has 5 aromatic rings. The highest BCUT2D eigenvalue weighted by molar-refractivity contribution is 5.87. The van der Waals surface area contributed by atoms with E-state index in [2.05, 4.69) is 102 Å². The molecule has 0 aliphatic heterocycles. The second-order valence-electron chi connectivity index (χ2n) is 11.3. The van der Waals surface area contributed by atoms with E-state index in [1.54, 1.807) is 19.5 Å². The van der Waals surface area contributed by atoms with Crippen LogP contribution in [-0.2, 0) is 23.3 Å². The number of nitrogens with one attached hydrogen (secondary N) is 1. The molecule has 0 saturated heterocycles. The van der Waals surface area contributed by atoms with Gasteiger partial charge in [-0.15, -0.1) is 0 Å². The van der Waals surface area contributed by atoms with Gasteiger partial charge in [-0.1, -0.05) is 75.4 Å². The second kappa shape index (κ2) is 11.8. The molecular formula is C35H37N3O2. The number of carbonyl (C=O) groups is 1. The Morgan fingerprint density at radius 1 is 0.900 bits per heavy atom. The number of amides is 1. The third-order valence-electron chi connectivity index (χ3n) is 7.51. The third kappa shape index (κ3) is 6.26. The van der Waals surface area contributed by atoms with Gasteiger partial charge in [0.25, 0.3) is 0 Å². The lowest BCUT2D eigenvalue weighted by molar-refractivity contribution is -0.121. The van der Waals surface area contributed by atoms with E-state index in [-0.39, 0.29) is 17.2 Å². The minimum Gasteiger partial charge on any atom is -0.497 e. The van der Waals surface area contributed by atoms with Crippen LogP contribution in [0.1, 0.15) is 60.9 Å². The Kier molecular flexibility index (Phi) is 8.01. The van der Waals surface area contributed by atoms with E-state index < -0.39 is 0 Å². The predicted molar refractivity (Wildman–Crippen MR) is 162 cm³/mol. The molecule has 3 aromatic carbocycles. The number of nitrogens with zero attached hydrogens (tertiary/aromatic N) is 2. The molecule has 0 unspecified atom stereocenters. The summed E-state index contributed by atoms with van der Waals surface area (Å²) in [6.07, 6.45) is 6.08. The van der Waals surface area contributed by atoms with Crippen molar-refractivity contribution in [3.8, 4) is 5.75 Å². The maximum Gasteiger partial charge on any atom is 0.221 e. The number of hydrogen-bond acceptors (Lipinski definition) is 3. The Morgan fingerprint density at radius 3 is 2.27 bits per heavy atom. The summed E-state index contributed by atoms with van der Waals surface area (Å²) < 4.78 is 7.63. The smallest absolute Gasteiger partial charge is 0.221 e. The molecule has 1 amide bonds. The molecule has 0 aliphatic carbocycles. The Labute approximate surface area is 236 Å². The molecule has 5 rings (SSSR count). The summed E-state index contributed by atoms with van der Waals surface area (Å²) in [6, 6.07) is 29.3. The number of carbonyl (C=O) groups excluding carboxylic acids is 1. The Balaban J connectivity index is 1.50. The van der Waals surface area contributed by atoms with Crippen LogP contribution in [0.2, 0.25) is 0 Å². The van der Waals surface area contributed by atoms with Gasteiger partial charge in [0.15, 0.2) is 0 Å². The molecule has 204 valence electrons. The van der Waals surface area contributed by atoms with Crippen LogP contribution in [0.5, 0.6) is 5.75 Å². The van der Waals surface area contributed by atoms with Crippen molar-refractivity contribution in [2.75, 3.05) is 7.11 Å². The van der Waals surface area contributed by atoms with E-state index in [1.165, 1.54) is 16.5 Å². The van der Waals surface area contributed by atoms with Gasteiger partial charge in [-0.05, 0) is 63.6 Å². The quantitative estimate of drug-likeness (QED) is 0.218. The highest BCUT2D eigenvalue weighted by Gasteiger charge is 2.24. The molecule has 5 nitrogen and oxygen atoms in total. The summed E-state index contributed by atoms with van der Waals surface area (Å²) in [5.41, 5.74) is 7.01. The van der Waals surface area contributed by atoms with Gasteiger partial charge in [-0.2, -0.15) is 0 Å². The summed E-state index contributed by atoms with van der Waals surface area (Å²) in [6.45, 7) is 7.88. The maximum absolute atomic E-state index is 13.3. The van der Waals surface area contributed by atoms with E-state index in [4.69, 9.17) is 4.74 Å². The largest absolute Gasteiger partial charge is 0.497 e. The van der Waals surface area contributed by atoms with Crippen LogP contribution in [0.25, 0.3) is 10.9 Å². The van der Waals surface area contributed by atoms with Gasteiger partial charge in [0.2, 0.25) is 5.91 Å². The van der Waals surface area contributed by atoms with Crippen LogP contribution in [0.4, 0.5) is 0 Å². The van der Waals surface area contributed by atoms with Gasteiger partial charge in [0.05, 0.1) is 7.11 Å². The molecule has 0 saturated carbocycles. The number of rotatable bonds is 9. The predicted octanol–water partition coefficient (Wildman–Crippen LogP) is 7.23. The number of para-hydroxylation sites is 1. The van der Waals surface area contributed by atoms with E-state index in [0.717, 1.165) is 34.5 Å². The lowest BCUT2D eigenvalue weighted by atomic mass is 9.83. The number of fused-ring (bicyclic) bond motifs is 1. The van der Waals surface area contributed by atoms with Gasteiger partial charge < -0.3 is 14.6 Å². The zero-order valence-corrected chi connectivity index (χ0v) is 23.7. The average molecular weight is 532 g/mol. The lowest BCUT2D eigenvalue weighted by Crippen LogP contribution is -2.25. The monoisotopic (exact) mass is 531 g/mol. The zero-order valence-electron chi connectivity index (χ0n) is 23.7. The summed E-state index contributed by atoms with van der Waals surface area (Å²) in [5.74, 6) is 0.778.